The van der Waals surface area contributed by atoms with Crippen LogP contribution in [0.25, 0.3) is 0 Å². The molecule has 42 heavy (non-hydrogen) atoms. The van der Waals surface area contributed by atoms with E-state index in [-0.39, 0.29) is 24.8 Å². The van der Waals surface area contributed by atoms with Gasteiger partial charge in [0.25, 0.3) is 0 Å². The molecule has 2 N–H and O–H groups in total. The third-order valence-electron chi connectivity index (χ3n) is 8.91. The number of alkyl halides is 2. The molecule has 258 valence electrons. The first-order valence-electron chi connectivity index (χ1n) is 17.4. The molecule has 0 aromatic heterocycles. The van der Waals surface area contributed by atoms with Crippen molar-refractivity contribution in [3.63, 3.8) is 0 Å². The van der Waals surface area contributed by atoms with Gasteiger partial charge in [0.05, 0.1) is 52.0 Å². The number of aliphatic hydroxyl groups excluding tert-OH is 2. The Kier molecular flexibility index (Phi) is 36.1. The number of unbranched alkanes of at least 4 members (excludes halogenated alkanes) is 17. The topological polar surface area (TPSA) is 40.5 Å². The van der Waals surface area contributed by atoms with Crippen LogP contribution in [0.2, 0.25) is 0 Å². The van der Waals surface area contributed by atoms with Crippen LogP contribution in [0.1, 0.15) is 142 Å². The molecule has 0 saturated carbocycles. The number of nitrogens with zero attached hydrogens (tertiary/aromatic N) is 2. The lowest BCUT2D eigenvalue weighted by Crippen LogP contribution is -3.00. The lowest BCUT2D eigenvalue weighted by Gasteiger charge is -2.37. The second kappa shape index (κ2) is 32.0. The molecule has 0 bridgehead atoms. The number of likely N-dealkylation sites (N-methyl/N-ethyl adjacent to an activating group) is 2. The normalized spacial score (nSPS) is 15.7. The zero-order valence-corrected chi connectivity index (χ0v) is 31.3. The van der Waals surface area contributed by atoms with Gasteiger partial charge in [0.15, 0.2) is 0 Å². The van der Waals surface area contributed by atoms with Gasteiger partial charge in [-0.1, -0.05) is 90.9 Å². The Balaban J connectivity index is -0.00000760. The molecule has 0 aliphatic heterocycles. The van der Waals surface area contributed by atoms with Crippen LogP contribution >= 0.6 is 23.2 Å². The zero-order chi connectivity index (χ0) is 30.0. The lowest BCUT2D eigenvalue weighted by atomic mass is 10.1. The molecule has 0 radical (unpaired) electrons. The monoisotopic (exact) mass is 680 g/mol. The Bertz CT molecular complexity index is 504. The predicted octanol–water partition coefficient (Wildman–Crippen LogP) is 2.93. The summed E-state index contributed by atoms with van der Waals surface area (Å²) in [4.78, 5) is 0. The summed E-state index contributed by atoms with van der Waals surface area (Å²) in [6, 6.07) is 0. The quantitative estimate of drug-likeness (QED) is 0.0672. The van der Waals surface area contributed by atoms with Gasteiger partial charge in [0.2, 0.25) is 0 Å². The van der Waals surface area contributed by atoms with Gasteiger partial charge in [-0.15, -0.1) is 23.2 Å². The molecule has 4 nitrogen and oxygen atoms in total. The van der Waals surface area contributed by atoms with Crippen LogP contribution in [0.4, 0.5) is 0 Å². The molecule has 0 amide bonds. The first-order valence-corrected chi connectivity index (χ1v) is 18.5. The maximum absolute atomic E-state index is 10.3. The number of rotatable bonds is 31. The molecule has 0 rings (SSSR count). The number of hydrogen-bond acceptors (Lipinski definition) is 2. The average molecular weight is 683 g/mol. The van der Waals surface area contributed by atoms with Crippen molar-refractivity contribution in [3.05, 3.63) is 0 Å². The van der Waals surface area contributed by atoms with Gasteiger partial charge < -0.3 is 44.0 Å². The van der Waals surface area contributed by atoms with Crippen molar-refractivity contribution in [3.8, 4) is 0 Å². The summed E-state index contributed by atoms with van der Waals surface area (Å²) in [7, 11) is 4.64. The molecule has 0 aliphatic carbocycles. The van der Waals surface area contributed by atoms with Crippen molar-refractivity contribution in [2.45, 2.75) is 154 Å². The molecule has 4 atom stereocenters. The van der Waals surface area contributed by atoms with Crippen molar-refractivity contribution in [1.29, 1.82) is 0 Å². The molecule has 0 spiro atoms. The summed E-state index contributed by atoms with van der Waals surface area (Å²) < 4.78 is 1.88. The molecular formula is C34H72Cl4N2O2. The summed E-state index contributed by atoms with van der Waals surface area (Å²) in [5, 5.41) is 20.6. The molecule has 0 heterocycles. The van der Waals surface area contributed by atoms with Gasteiger partial charge in [0, 0.05) is 0 Å². The van der Waals surface area contributed by atoms with E-state index < -0.39 is 12.2 Å². The third kappa shape index (κ3) is 28.5. The summed E-state index contributed by atoms with van der Waals surface area (Å²) in [5.41, 5.74) is 0. The van der Waals surface area contributed by atoms with E-state index >= 15 is 0 Å². The maximum Gasteiger partial charge on any atom is 0.116 e. The largest absolute Gasteiger partial charge is 1.00 e. The van der Waals surface area contributed by atoms with Gasteiger partial charge in [-0.05, 0) is 51.4 Å². The van der Waals surface area contributed by atoms with Gasteiger partial charge in [-0.2, -0.15) is 0 Å². The third-order valence-corrected chi connectivity index (χ3v) is 9.62. The first kappa shape index (κ1) is 47.4. The molecule has 0 aliphatic rings. The number of quaternary nitrogens is 2. The summed E-state index contributed by atoms with van der Waals surface area (Å²) >= 11 is 12.0. The lowest BCUT2D eigenvalue weighted by molar-refractivity contribution is -0.913. The Morgan fingerprint density at radius 1 is 0.429 bits per heavy atom. The minimum absolute atomic E-state index is 0. The molecule has 0 saturated heterocycles. The minimum atomic E-state index is -0.414. The Morgan fingerprint density at radius 2 is 0.643 bits per heavy atom. The summed E-state index contributed by atoms with van der Waals surface area (Å²) in [6.07, 6.45) is 25.5. The van der Waals surface area contributed by atoms with Gasteiger partial charge in [-0.3, -0.25) is 0 Å². The fourth-order valence-corrected chi connectivity index (χ4v) is 6.49. The fourth-order valence-electron chi connectivity index (χ4n) is 6.30. The first-order chi connectivity index (χ1) is 19.2. The fraction of sp³-hybridized carbons (Fsp3) is 1.00. The van der Waals surface area contributed by atoms with E-state index in [0.29, 0.717) is 11.8 Å². The highest BCUT2D eigenvalue weighted by Crippen LogP contribution is 2.17. The van der Waals surface area contributed by atoms with Crippen molar-refractivity contribution in [1.82, 2.24) is 0 Å². The highest BCUT2D eigenvalue weighted by atomic mass is 35.5. The van der Waals surface area contributed by atoms with Crippen LogP contribution < -0.4 is 24.8 Å². The summed E-state index contributed by atoms with van der Waals surface area (Å²) in [5.74, 6) is 0.656. The molecule has 0 fully saturated rings. The van der Waals surface area contributed by atoms with Crippen LogP contribution in [0.5, 0.6) is 0 Å². The van der Waals surface area contributed by atoms with E-state index in [1.54, 1.807) is 0 Å². The Labute approximate surface area is 285 Å². The number of hydrogen-bond donors (Lipinski definition) is 2. The Morgan fingerprint density at radius 3 is 0.857 bits per heavy atom. The van der Waals surface area contributed by atoms with E-state index in [0.717, 1.165) is 48.2 Å². The van der Waals surface area contributed by atoms with Crippen molar-refractivity contribution in [2.75, 3.05) is 65.1 Å². The number of halogens is 4. The highest BCUT2D eigenvalue weighted by molar-refractivity contribution is 6.18. The van der Waals surface area contributed by atoms with E-state index in [4.69, 9.17) is 23.2 Å². The number of aliphatic hydroxyl groups is 2. The minimum Gasteiger partial charge on any atom is -1.00 e. The van der Waals surface area contributed by atoms with E-state index in [9.17, 15) is 10.2 Å². The standard InChI is InChI=1S/C34H72Cl2N2O2.2ClH/c1-5-7-9-11-13-15-17-21-25-37(3,31-33(39)29-35)27-23-19-20-24-28-38(4,32-34(40)30-36)26-22-18-16-14-12-10-8-6-2;;/h33-34,39-40H,5-32H2,1-4H3;2*1H/q+2;;/p-2. The second-order valence-electron chi connectivity index (χ2n) is 13.5. The Hall–Kier alpha value is 1.00. The molecule has 0 aromatic rings. The van der Waals surface area contributed by atoms with E-state index in [1.165, 1.54) is 128 Å². The van der Waals surface area contributed by atoms with Crippen LogP contribution in [-0.4, -0.2) is 96.5 Å². The van der Waals surface area contributed by atoms with Gasteiger partial charge >= 0.3 is 0 Å². The second-order valence-corrected chi connectivity index (χ2v) is 14.1. The van der Waals surface area contributed by atoms with Gasteiger partial charge in [0.1, 0.15) is 25.3 Å². The van der Waals surface area contributed by atoms with Gasteiger partial charge in [-0.25, -0.2) is 0 Å². The van der Waals surface area contributed by atoms with E-state index in [1.807, 2.05) is 0 Å². The molecule has 8 heteroatoms. The van der Waals surface area contributed by atoms with Crippen LogP contribution in [-0.2, 0) is 0 Å². The molecule has 0 aromatic carbocycles. The van der Waals surface area contributed by atoms with Crippen LogP contribution in [0, 0.1) is 0 Å². The zero-order valence-electron chi connectivity index (χ0n) is 28.3. The smallest absolute Gasteiger partial charge is 0.116 e. The van der Waals surface area contributed by atoms with Crippen molar-refractivity contribution < 1.29 is 44.0 Å². The van der Waals surface area contributed by atoms with Crippen LogP contribution in [0.15, 0.2) is 0 Å². The van der Waals surface area contributed by atoms with Crippen molar-refractivity contribution in [2.24, 2.45) is 0 Å². The van der Waals surface area contributed by atoms with Crippen molar-refractivity contribution >= 4 is 23.2 Å². The molecular weight excluding hydrogens is 610 g/mol. The summed E-state index contributed by atoms with van der Waals surface area (Å²) in [6.45, 7) is 10.6. The average Bonchev–Trinajstić information content (AvgIpc) is 2.93. The molecule has 4 unspecified atom stereocenters. The highest BCUT2D eigenvalue weighted by Gasteiger charge is 2.26. The maximum atomic E-state index is 10.3. The predicted molar refractivity (Wildman–Crippen MR) is 179 cm³/mol. The van der Waals surface area contributed by atoms with Crippen LogP contribution in [0.3, 0.4) is 0 Å². The SMILES string of the molecule is CCCCCCCCCC[N+](C)(CCCCCC[N+](C)(CCCCCCCCCC)CC(O)CCl)CC(O)CCl.[Cl-].[Cl-]. The van der Waals surface area contributed by atoms with E-state index in [2.05, 4.69) is 27.9 Å².